The number of hydrogen-bond acceptors (Lipinski definition) is 10. The fourth-order valence-corrected chi connectivity index (χ4v) is 3.84. The monoisotopic (exact) mass is 454 g/mol. The van der Waals surface area contributed by atoms with Crippen LogP contribution in [0.15, 0.2) is 51.3 Å². The predicted molar refractivity (Wildman–Crippen MR) is 103 cm³/mol. The van der Waals surface area contributed by atoms with Crippen molar-refractivity contribution in [2.24, 2.45) is 10.3 Å². The number of anilines is 1. The molecule has 3 aliphatic rings. The summed E-state index contributed by atoms with van der Waals surface area (Å²) in [6.45, 7) is 0.0417. The first-order valence-corrected chi connectivity index (χ1v) is 9.72. The van der Waals surface area contributed by atoms with Crippen molar-refractivity contribution in [3.63, 3.8) is 0 Å². The lowest BCUT2D eigenvalue weighted by molar-refractivity contribution is -0.123. The van der Waals surface area contributed by atoms with E-state index in [1.807, 2.05) is 0 Å². The normalized spacial score (nSPS) is 20.8. The Bertz CT molecular complexity index is 1340. The summed E-state index contributed by atoms with van der Waals surface area (Å²) in [5, 5.41) is 13.0. The molecule has 2 amide bonds. The van der Waals surface area contributed by atoms with Crippen LogP contribution in [0.3, 0.4) is 0 Å². The maximum absolute atomic E-state index is 13.6. The SMILES string of the molecule is O=C1[C@@H]2N=NN(Cc3nc(-c4ccc5c(c4)OCO5)no3)[C@H]2C(=O)N1c1ccc(F)c(F)c1. The highest BCUT2D eigenvalue weighted by Crippen LogP contribution is 2.36. The van der Waals surface area contributed by atoms with Gasteiger partial charge in [-0.25, -0.2) is 13.7 Å². The predicted octanol–water partition coefficient (Wildman–Crippen LogP) is 2.24. The van der Waals surface area contributed by atoms with Gasteiger partial charge in [-0.3, -0.25) is 14.6 Å². The Balaban J connectivity index is 1.22. The Morgan fingerprint density at radius 3 is 2.70 bits per heavy atom. The minimum absolute atomic E-state index is 0.0867. The first kappa shape index (κ1) is 19.3. The number of benzene rings is 2. The number of rotatable bonds is 4. The van der Waals surface area contributed by atoms with Crippen LogP contribution in [0.1, 0.15) is 5.89 Å². The highest BCUT2D eigenvalue weighted by Gasteiger charge is 2.55. The molecule has 166 valence electrons. The summed E-state index contributed by atoms with van der Waals surface area (Å²) in [7, 11) is 0. The van der Waals surface area contributed by atoms with Crippen molar-refractivity contribution >= 4 is 17.5 Å². The summed E-state index contributed by atoms with van der Waals surface area (Å²) < 4.78 is 42.8. The molecular formula is C20H12F2N6O5. The van der Waals surface area contributed by atoms with E-state index < -0.39 is 35.5 Å². The molecule has 0 aliphatic carbocycles. The number of ether oxygens (including phenoxy) is 2. The van der Waals surface area contributed by atoms with Crippen LogP contribution in [0.4, 0.5) is 14.5 Å². The largest absolute Gasteiger partial charge is 0.454 e. The third-order valence-electron chi connectivity index (χ3n) is 5.42. The summed E-state index contributed by atoms with van der Waals surface area (Å²) in [6, 6.07) is 5.77. The Morgan fingerprint density at radius 1 is 1.00 bits per heavy atom. The molecule has 0 bridgehead atoms. The fraction of sp³-hybridized carbons (Fsp3) is 0.200. The second-order valence-corrected chi connectivity index (χ2v) is 7.38. The van der Waals surface area contributed by atoms with Gasteiger partial charge in [-0.2, -0.15) is 10.1 Å². The van der Waals surface area contributed by atoms with Crippen molar-refractivity contribution in [3.05, 3.63) is 53.9 Å². The molecule has 6 rings (SSSR count). The van der Waals surface area contributed by atoms with E-state index in [0.717, 1.165) is 23.1 Å². The molecule has 3 aliphatic heterocycles. The zero-order valence-electron chi connectivity index (χ0n) is 16.5. The Labute approximate surface area is 183 Å². The topological polar surface area (TPSA) is 123 Å². The van der Waals surface area contributed by atoms with E-state index in [1.165, 1.54) is 5.01 Å². The zero-order chi connectivity index (χ0) is 22.7. The molecule has 1 fully saturated rings. The van der Waals surface area contributed by atoms with Gasteiger partial charge in [0.25, 0.3) is 11.8 Å². The number of fused-ring (bicyclic) bond motifs is 2. The van der Waals surface area contributed by atoms with Crippen LogP contribution in [0.5, 0.6) is 11.5 Å². The molecule has 2 aromatic carbocycles. The molecule has 33 heavy (non-hydrogen) atoms. The average Bonchev–Trinajstić information content (AvgIpc) is 3.57. The average molecular weight is 454 g/mol. The molecular weight excluding hydrogens is 442 g/mol. The van der Waals surface area contributed by atoms with Crippen LogP contribution in [-0.2, 0) is 16.1 Å². The molecule has 0 unspecified atom stereocenters. The van der Waals surface area contributed by atoms with Crippen molar-refractivity contribution in [3.8, 4) is 22.9 Å². The van der Waals surface area contributed by atoms with Crippen LogP contribution >= 0.6 is 0 Å². The van der Waals surface area contributed by atoms with Crippen LogP contribution in [0.2, 0.25) is 0 Å². The van der Waals surface area contributed by atoms with Crippen LogP contribution in [-0.4, -0.2) is 45.8 Å². The van der Waals surface area contributed by atoms with Crippen molar-refractivity contribution in [1.82, 2.24) is 15.1 Å². The number of hydrogen-bond donors (Lipinski definition) is 0. The summed E-state index contributed by atoms with van der Waals surface area (Å²) >= 11 is 0. The Morgan fingerprint density at radius 2 is 1.85 bits per heavy atom. The summed E-state index contributed by atoms with van der Waals surface area (Å²) in [5.41, 5.74) is 0.545. The second kappa shape index (κ2) is 7.05. The van der Waals surface area contributed by atoms with Crippen molar-refractivity contribution in [2.45, 2.75) is 18.6 Å². The van der Waals surface area contributed by atoms with E-state index >= 15 is 0 Å². The lowest BCUT2D eigenvalue weighted by Gasteiger charge is -2.19. The van der Waals surface area contributed by atoms with E-state index in [4.69, 9.17) is 14.0 Å². The third kappa shape index (κ3) is 3.00. The number of halogens is 2. The number of aromatic nitrogens is 2. The van der Waals surface area contributed by atoms with E-state index in [9.17, 15) is 18.4 Å². The maximum atomic E-state index is 13.6. The number of imide groups is 1. The molecule has 1 aromatic heterocycles. The molecule has 0 saturated carbocycles. The molecule has 0 radical (unpaired) electrons. The van der Waals surface area contributed by atoms with Gasteiger partial charge in [0.15, 0.2) is 35.2 Å². The van der Waals surface area contributed by atoms with E-state index in [-0.39, 0.29) is 30.7 Å². The highest BCUT2D eigenvalue weighted by atomic mass is 19.2. The molecule has 4 heterocycles. The third-order valence-corrected chi connectivity index (χ3v) is 5.42. The summed E-state index contributed by atoms with van der Waals surface area (Å²) in [4.78, 5) is 30.8. The van der Waals surface area contributed by atoms with Crippen molar-refractivity contribution < 1.29 is 32.4 Å². The minimum Gasteiger partial charge on any atom is -0.454 e. The summed E-state index contributed by atoms with van der Waals surface area (Å²) in [5.74, 6) is -2.03. The van der Waals surface area contributed by atoms with Crippen molar-refractivity contribution in [2.75, 3.05) is 11.7 Å². The van der Waals surface area contributed by atoms with Gasteiger partial charge < -0.3 is 14.0 Å². The summed E-state index contributed by atoms with van der Waals surface area (Å²) in [6.07, 6.45) is 0. The van der Waals surface area contributed by atoms with Gasteiger partial charge >= 0.3 is 0 Å². The second-order valence-electron chi connectivity index (χ2n) is 7.38. The molecule has 13 heteroatoms. The van der Waals surface area contributed by atoms with E-state index in [1.54, 1.807) is 18.2 Å². The fourth-order valence-electron chi connectivity index (χ4n) is 3.84. The van der Waals surface area contributed by atoms with Gasteiger partial charge in [-0.05, 0) is 30.3 Å². The van der Waals surface area contributed by atoms with Crippen LogP contribution in [0, 0.1) is 11.6 Å². The molecule has 1 saturated heterocycles. The standard InChI is InChI=1S/C20H12F2N6O5/c21-11-3-2-10(6-12(11)22)28-19(29)16-17(20(28)30)27(26-24-16)7-15-23-18(25-33-15)9-1-4-13-14(5-9)32-8-31-13/h1-6,16-17H,7-8H2/t16-,17-/m1/s1. The van der Waals surface area contributed by atoms with Crippen LogP contribution in [0.25, 0.3) is 11.4 Å². The lowest BCUT2D eigenvalue weighted by Crippen LogP contribution is -2.39. The highest BCUT2D eigenvalue weighted by molar-refractivity contribution is 6.25. The molecule has 11 nitrogen and oxygen atoms in total. The molecule has 0 N–H and O–H groups in total. The Kier molecular flexibility index (Phi) is 4.12. The van der Waals surface area contributed by atoms with Gasteiger partial charge in [0, 0.05) is 11.6 Å². The zero-order valence-corrected chi connectivity index (χ0v) is 16.5. The van der Waals surface area contributed by atoms with Crippen molar-refractivity contribution in [1.29, 1.82) is 0 Å². The van der Waals surface area contributed by atoms with Gasteiger partial charge in [-0.1, -0.05) is 10.4 Å². The van der Waals surface area contributed by atoms with Gasteiger partial charge in [0.05, 0.1) is 5.69 Å². The van der Waals surface area contributed by atoms with Crippen LogP contribution < -0.4 is 14.4 Å². The van der Waals surface area contributed by atoms with Gasteiger partial charge in [0.1, 0.15) is 6.54 Å². The number of amides is 2. The first-order valence-electron chi connectivity index (χ1n) is 9.72. The minimum atomic E-state index is -1.18. The number of carbonyl (C=O) groups is 2. The maximum Gasteiger partial charge on any atom is 0.263 e. The Hall–Kier alpha value is -4.42. The quantitative estimate of drug-likeness (QED) is 0.550. The van der Waals surface area contributed by atoms with Gasteiger partial charge in [-0.15, -0.1) is 0 Å². The number of carbonyl (C=O) groups excluding carboxylic acids is 2. The smallest absolute Gasteiger partial charge is 0.263 e. The number of nitrogens with zero attached hydrogens (tertiary/aromatic N) is 6. The molecule has 2 atom stereocenters. The first-order chi connectivity index (χ1) is 16.0. The molecule has 0 spiro atoms. The molecule has 3 aromatic rings. The lowest BCUT2D eigenvalue weighted by atomic mass is 10.1. The van der Waals surface area contributed by atoms with Gasteiger partial charge in [0.2, 0.25) is 18.5 Å². The van der Waals surface area contributed by atoms with E-state index in [2.05, 4.69) is 20.5 Å². The van der Waals surface area contributed by atoms with E-state index in [0.29, 0.717) is 17.1 Å².